The molecule has 15 heteroatoms. The zero-order valence-corrected chi connectivity index (χ0v) is 39.5. The number of piperidine rings is 1. The Balaban J connectivity index is 1.40. The number of aldehydes is 1. The van der Waals surface area contributed by atoms with Crippen LogP contribution in [0.4, 0.5) is 10.6 Å². The van der Waals surface area contributed by atoms with Crippen molar-refractivity contribution < 1.29 is 28.5 Å². The van der Waals surface area contributed by atoms with E-state index < -0.39 is 21.7 Å². The zero-order valence-electron chi connectivity index (χ0n) is 35.9. The first-order chi connectivity index (χ1) is 27.4. The number of carbonyl (C=O) groups is 2. The average molecular weight is 894 g/mol. The minimum Gasteiger partial charge on any atom is -0.496 e. The summed E-state index contributed by atoms with van der Waals surface area (Å²) in [7, 11) is -1.09. The molecule has 3 aromatic heterocycles. The molecule has 2 saturated heterocycles. The third-order valence-electron chi connectivity index (χ3n) is 10.8. The maximum Gasteiger partial charge on any atom is 0.410 e. The smallest absolute Gasteiger partial charge is 0.410 e. The van der Waals surface area contributed by atoms with Gasteiger partial charge in [-0.3, -0.25) is 9.78 Å². The fraction of sp³-hybridized carbons (Fsp3) is 0.558. The summed E-state index contributed by atoms with van der Waals surface area (Å²) in [4.78, 5) is 39.5. The van der Waals surface area contributed by atoms with Crippen LogP contribution in [-0.2, 0) is 14.2 Å². The number of carbonyl (C=O) groups excluding carboxylic acids is 2. The molecule has 58 heavy (non-hydrogen) atoms. The van der Waals surface area contributed by atoms with Crippen LogP contribution >= 0.6 is 15.9 Å². The number of anilines is 1. The van der Waals surface area contributed by atoms with Gasteiger partial charge in [0.1, 0.15) is 24.8 Å². The monoisotopic (exact) mass is 892 g/mol. The third-order valence-corrected chi connectivity index (χ3v) is 15.0. The summed E-state index contributed by atoms with van der Waals surface area (Å²) in [5, 5.41) is 4.97. The van der Waals surface area contributed by atoms with Crippen LogP contribution < -0.4 is 9.64 Å². The van der Waals surface area contributed by atoms with E-state index in [2.05, 4.69) is 60.1 Å². The molecule has 2 fully saturated rings. The number of fused-ring (bicyclic) bond motifs is 3. The van der Waals surface area contributed by atoms with Crippen molar-refractivity contribution in [2.75, 3.05) is 38.7 Å². The standard InChI is InChI=1S/C43H61BrN6O6Si2/c1-43(2,3)56-42(52)49-33-13-14-34(49)23-31(22-33)39-38(44)41(48(27-54-17-19-57(5,6)7)28-55-18-20-58(8,9)10)50-40(47-39)35(25-46-50)30-11-15-36(45-24-30)29-12-16-37(53-4)32(21-29)26-51/h11-12,15-16,21,24-26,31,33-34H,13-14,17-20,22-23,27-28H2,1-10H3/t31-,33+,34-. The molecule has 2 aliphatic rings. The highest BCUT2D eigenvalue weighted by Gasteiger charge is 2.46. The molecule has 2 bridgehead atoms. The van der Waals surface area contributed by atoms with Crippen LogP contribution in [0.15, 0.2) is 47.2 Å². The molecule has 2 aliphatic heterocycles. The first-order valence-corrected chi connectivity index (χ1v) is 28.7. The van der Waals surface area contributed by atoms with Crippen molar-refractivity contribution in [3.63, 3.8) is 0 Å². The van der Waals surface area contributed by atoms with Gasteiger partial charge < -0.3 is 28.7 Å². The van der Waals surface area contributed by atoms with E-state index in [0.717, 1.165) is 82.4 Å². The van der Waals surface area contributed by atoms with Gasteiger partial charge in [-0.05, 0) is 98.7 Å². The highest BCUT2D eigenvalue weighted by molar-refractivity contribution is 9.10. The van der Waals surface area contributed by atoms with Crippen LogP contribution in [0, 0.1) is 0 Å². The molecule has 4 aromatic rings. The second-order valence-corrected chi connectivity index (χ2v) is 31.1. The third kappa shape index (κ3) is 10.6. The first kappa shape index (κ1) is 43.9. The van der Waals surface area contributed by atoms with Gasteiger partial charge in [0.05, 0.1) is 34.7 Å². The molecule has 314 valence electrons. The van der Waals surface area contributed by atoms with Crippen LogP contribution in [-0.4, -0.2) is 104 Å². The molecule has 6 rings (SSSR count). The number of halogens is 1. The summed E-state index contributed by atoms with van der Waals surface area (Å²) in [5.74, 6) is 1.42. The second kappa shape index (κ2) is 17.9. The van der Waals surface area contributed by atoms with E-state index in [-0.39, 0.29) is 24.1 Å². The number of pyridine rings is 1. The van der Waals surface area contributed by atoms with Gasteiger partial charge in [-0.1, -0.05) is 45.3 Å². The molecule has 0 unspecified atom stereocenters. The summed E-state index contributed by atoms with van der Waals surface area (Å²) in [6.45, 7) is 21.9. The number of amides is 1. The Morgan fingerprint density at radius 3 is 2.09 bits per heavy atom. The number of benzene rings is 1. The molecule has 0 N–H and O–H groups in total. The molecular formula is C43H61BrN6O6Si2. The Hall–Kier alpha value is -3.64. The maximum absolute atomic E-state index is 13.4. The number of ether oxygens (including phenoxy) is 4. The Bertz CT molecular complexity index is 2040. The first-order valence-electron chi connectivity index (χ1n) is 20.4. The SMILES string of the molecule is COc1ccc(-c2ccc(-c3cnn4c(N(COCC[Si](C)(C)C)COCC[Si](C)(C)C)c(Br)c([C@H]5C[C@H]6CC[C@@H](C5)N6C(=O)OC(C)(C)C)nc34)cn2)cc1C=O. The van der Waals surface area contributed by atoms with Crippen molar-refractivity contribution in [3.05, 3.63) is 58.5 Å². The normalized spacial score (nSPS) is 18.5. The van der Waals surface area contributed by atoms with Gasteiger partial charge in [0, 0.05) is 70.3 Å². The lowest BCUT2D eigenvalue weighted by Crippen LogP contribution is -2.48. The van der Waals surface area contributed by atoms with E-state index in [0.29, 0.717) is 43.6 Å². The fourth-order valence-electron chi connectivity index (χ4n) is 7.71. The molecule has 5 heterocycles. The predicted octanol–water partition coefficient (Wildman–Crippen LogP) is 10.1. The van der Waals surface area contributed by atoms with Crippen LogP contribution in [0.5, 0.6) is 5.75 Å². The lowest BCUT2D eigenvalue weighted by molar-refractivity contribution is 0.00565. The zero-order chi connectivity index (χ0) is 42.0. The van der Waals surface area contributed by atoms with E-state index in [1.807, 2.05) is 60.8 Å². The van der Waals surface area contributed by atoms with Crippen LogP contribution in [0.2, 0.25) is 51.4 Å². The van der Waals surface area contributed by atoms with Gasteiger partial charge in [0.15, 0.2) is 17.8 Å². The summed E-state index contributed by atoms with van der Waals surface area (Å²) >= 11 is 4.07. The average Bonchev–Trinajstić information content (AvgIpc) is 3.69. The largest absolute Gasteiger partial charge is 0.496 e. The number of nitrogens with zero attached hydrogens (tertiary/aromatic N) is 6. The fourth-order valence-corrected chi connectivity index (χ4v) is 10.1. The Morgan fingerprint density at radius 1 is 0.931 bits per heavy atom. The summed E-state index contributed by atoms with van der Waals surface area (Å²) < 4.78 is 26.8. The lowest BCUT2D eigenvalue weighted by Gasteiger charge is -2.39. The molecule has 1 aromatic carbocycles. The molecular weight excluding hydrogens is 833 g/mol. The summed E-state index contributed by atoms with van der Waals surface area (Å²) in [6.07, 6.45) is 7.67. The Kier molecular flexibility index (Phi) is 13.6. The summed E-state index contributed by atoms with van der Waals surface area (Å²) in [5.41, 5.74) is 4.78. The van der Waals surface area contributed by atoms with Crippen molar-refractivity contribution in [1.29, 1.82) is 0 Å². The van der Waals surface area contributed by atoms with Gasteiger partial charge in [-0.25, -0.2) is 9.78 Å². The van der Waals surface area contributed by atoms with E-state index >= 15 is 0 Å². The van der Waals surface area contributed by atoms with Crippen LogP contribution in [0.3, 0.4) is 0 Å². The minimum absolute atomic E-state index is 0.0664. The van der Waals surface area contributed by atoms with Gasteiger partial charge in [0.25, 0.3) is 0 Å². The van der Waals surface area contributed by atoms with Gasteiger partial charge in [-0.2, -0.15) is 9.61 Å². The van der Waals surface area contributed by atoms with E-state index in [9.17, 15) is 9.59 Å². The maximum atomic E-state index is 13.4. The number of hydrogen-bond acceptors (Lipinski definition) is 10. The molecule has 0 radical (unpaired) electrons. The van der Waals surface area contributed by atoms with Crippen LogP contribution in [0.1, 0.15) is 68.4 Å². The van der Waals surface area contributed by atoms with Crippen molar-refractivity contribution in [3.8, 4) is 28.1 Å². The quantitative estimate of drug-likeness (QED) is 0.0465. The van der Waals surface area contributed by atoms with Gasteiger partial charge in [-0.15, -0.1) is 0 Å². The van der Waals surface area contributed by atoms with E-state index in [1.165, 1.54) is 0 Å². The predicted molar refractivity (Wildman–Crippen MR) is 239 cm³/mol. The van der Waals surface area contributed by atoms with E-state index in [4.69, 9.17) is 34.0 Å². The van der Waals surface area contributed by atoms with Crippen molar-refractivity contribution in [2.24, 2.45) is 0 Å². The van der Waals surface area contributed by atoms with Crippen LogP contribution in [0.25, 0.3) is 28.0 Å². The molecule has 12 nitrogen and oxygen atoms in total. The van der Waals surface area contributed by atoms with Crippen molar-refractivity contribution in [2.45, 2.75) is 121 Å². The Labute approximate surface area is 354 Å². The second-order valence-electron chi connectivity index (χ2n) is 19.1. The molecule has 1 amide bonds. The summed E-state index contributed by atoms with van der Waals surface area (Å²) in [6, 6.07) is 11.7. The molecule has 0 aliphatic carbocycles. The molecule has 0 spiro atoms. The number of aromatic nitrogens is 4. The number of hydrogen-bond donors (Lipinski definition) is 0. The Morgan fingerprint density at radius 2 is 1.55 bits per heavy atom. The highest BCUT2D eigenvalue weighted by atomic mass is 79.9. The molecule has 0 saturated carbocycles. The number of rotatable bonds is 16. The van der Waals surface area contributed by atoms with Crippen molar-refractivity contribution >= 4 is 55.9 Å². The van der Waals surface area contributed by atoms with Gasteiger partial charge in [0.2, 0.25) is 0 Å². The number of methoxy groups -OCH3 is 1. The minimum atomic E-state index is -1.32. The van der Waals surface area contributed by atoms with E-state index in [1.54, 1.807) is 19.2 Å². The van der Waals surface area contributed by atoms with Crippen molar-refractivity contribution in [1.82, 2.24) is 24.5 Å². The lowest BCUT2D eigenvalue weighted by atomic mass is 9.88. The highest BCUT2D eigenvalue weighted by Crippen LogP contribution is 2.47. The molecule has 3 atom stereocenters. The van der Waals surface area contributed by atoms with Gasteiger partial charge >= 0.3 is 6.09 Å². The topological polar surface area (TPSA) is 121 Å².